The Morgan fingerprint density at radius 2 is 1.92 bits per heavy atom. The number of alkyl halides is 3. The van der Waals surface area contributed by atoms with Gasteiger partial charge in [0.2, 0.25) is 11.5 Å². The van der Waals surface area contributed by atoms with E-state index in [-0.39, 0.29) is 18.0 Å². The van der Waals surface area contributed by atoms with Crippen LogP contribution in [0.4, 0.5) is 13.2 Å². The van der Waals surface area contributed by atoms with Crippen LogP contribution in [0.5, 0.6) is 0 Å². The molecule has 2 rings (SSSR count). The van der Waals surface area contributed by atoms with E-state index < -0.39 is 30.3 Å². The molecule has 144 valence electrons. The highest BCUT2D eigenvalue weighted by Crippen LogP contribution is 2.38. The van der Waals surface area contributed by atoms with E-state index in [0.29, 0.717) is 5.56 Å². The number of rotatable bonds is 6. The van der Waals surface area contributed by atoms with Gasteiger partial charge < -0.3 is 15.7 Å². The molecule has 2 unspecified atom stereocenters. The summed E-state index contributed by atoms with van der Waals surface area (Å²) >= 11 is 0. The molecule has 0 aliphatic carbocycles. The SMILES string of the molecule is CNC(C(=O)NCC(O)(c1ccccc1)C(F)(F)F)c1cnn(C)c1.Cl. The predicted octanol–water partition coefficient (Wildman–Crippen LogP) is 1.67. The molecule has 0 saturated heterocycles. The second-order valence-electron chi connectivity index (χ2n) is 5.61. The van der Waals surface area contributed by atoms with Crippen molar-refractivity contribution in [2.75, 3.05) is 13.6 Å². The Bertz CT molecular complexity index is 724. The van der Waals surface area contributed by atoms with Crippen LogP contribution in [-0.2, 0) is 17.4 Å². The van der Waals surface area contributed by atoms with Gasteiger partial charge in [-0.1, -0.05) is 30.3 Å². The Labute approximate surface area is 154 Å². The molecule has 0 aliphatic rings. The van der Waals surface area contributed by atoms with Crippen LogP contribution in [-0.4, -0.2) is 40.6 Å². The van der Waals surface area contributed by atoms with Gasteiger partial charge in [0, 0.05) is 18.8 Å². The highest BCUT2D eigenvalue weighted by molar-refractivity contribution is 5.85. The normalized spacial score (nSPS) is 14.8. The van der Waals surface area contributed by atoms with Crippen molar-refractivity contribution in [2.24, 2.45) is 7.05 Å². The van der Waals surface area contributed by atoms with Crippen LogP contribution in [0.2, 0.25) is 0 Å². The summed E-state index contributed by atoms with van der Waals surface area (Å²) in [6, 6.07) is 5.76. The Morgan fingerprint density at radius 1 is 1.31 bits per heavy atom. The van der Waals surface area contributed by atoms with Crippen LogP contribution in [0.15, 0.2) is 42.7 Å². The van der Waals surface area contributed by atoms with Gasteiger partial charge in [0.25, 0.3) is 0 Å². The molecular formula is C16H20ClF3N4O2. The summed E-state index contributed by atoms with van der Waals surface area (Å²) in [5.41, 5.74) is -3.03. The van der Waals surface area contributed by atoms with Crippen molar-refractivity contribution in [1.29, 1.82) is 0 Å². The standard InChI is InChI=1S/C16H19F3N4O2.ClH/c1-20-13(11-8-22-23(2)9-11)14(24)21-10-15(25,16(17,18)19)12-6-4-3-5-7-12;/h3-9,13,20,25H,10H2,1-2H3,(H,21,24);1H. The van der Waals surface area contributed by atoms with Crippen molar-refractivity contribution < 1.29 is 23.1 Å². The maximum atomic E-state index is 13.4. The number of hydrogen-bond donors (Lipinski definition) is 3. The zero-order valence-electron chi connectivity index (χ0n) is 14.1. The van der Waals surface area contributed by atoms with E-state index in [1.165, 1.54) is 36.1 Å². The van der Waals surface area contributed by atoms with Gasteiger partial charge in [0.05, 0.1) is 12.7 Å². The van der Waals surface area contributed by atoms with Crippen LogP contribution in [0.1, 0.15) is 17.2 Å². The smallest absolute Gasteiger partial charge is 0.375 e. The van der Waals surface area contributed by atoms with Gasteiger partial charge in [-0.25, -0.2) is 0 Å². The van der Waals surface area contributed by atoms with Crippen LogP contribution in [0.25, 0.3) is 0 Å². The summed E-state index contributed by atoms with van der Waals surface area (Å²) in [6.45, 7) is -1.00. The van der Waals surface area contributed by atoms with Crippen LogP contribution >= 0.6 is 12.4 Å². The van der Waals surface area contributed by atoms with E-state index in [9.17, 15) is 23.1 Å². The number of halogens is 4. The molecule has 0 radical (unpaired) electrons. The van der Waals surface area contributed by atoms with E-state index in [4.69, 9.17) is 0 Å². The van der Waals surface area contributed by atoms with Gasteiger partial charge in [0.1, 0.15) is 6.04 Å². The summed E-state index contributed by atoms with van der Waals surface area (Å²) in [4.78, 5) is 12.3. The first-order chi connectivity index (χ1) is 11.7. The fourth-order valence-electron chi connectivity index (χ4n) is 2.44. The summed E-state index contributed by atoms with van der Waals surface area (Å²) in [7, 11) is 3.16. The highest BCUT2D eigenvalue weighted by Gasteiger charge is 2.55. The van der Waals surface area contributed by atoms with E-state index in [1.807, 2.05) is 0 Å². The third-order valence-electron chi connectivity index (χ3n) is 3.85. The maximum absolute atomic E-state index is 13.4. The zero-order chi connectivity index (χ0) is 18.7. The van der Waals surface area contributed by atoms with Gasteiger partial charge in [-0.15, -0.1) is 12.4 Å². The molecule has 1 aromatic heterocycles. The summed E-state index contributed by atoms with van der Waals surface area (Å²) in [5, 5.41) is 19.0. The monoisotopic (exact) mass is 392 g/mol. The van der Waals surface area contributed by atoms with Gasteiger partial charge >= 0.3 is 6.18 Å². The van der Waals surface area contributed by atoms with E-state index in [2.05, 4.69) is 15.7 Å². The highest BCUT2D eigenvalue weighted by atomic mass is 35.5. The quantitative estimate of drug-likeness (QED) is 0.698. The number of carbonyl (C=O) groups is 1. The van der Waals surface area contributed by atoms with Crippen LogP contribution in [0, 0.1) is 0 Å². The molecular weight excluding hydrogens is 373 g/mol. The molecule has 2 aromatic rings. The largest absolute Gasteiger partial charge is 0.423 e. The third kappa shape index (κ3) is 4.54. The van der Waals surface area contributed by atoms with Crippen molar-refractivity contribution in [1.82, 2.24) is 20.4 Å². The molecule has 0 aliphatic heterocycles. The molecule has 2 atom stereocenters. The molecule has 1 aromatic carbocycles. The van der Waals surface area contributed by atoms with Gasteiger partial charge in [-0.05, 0) is 12.6 Å². The fourth-order valence-corrected chi connectivity index (χ4v) is 2.44. The molecule has 0 bridgehead atoms. The second-order valence-corrected chi connectivity index (χ2v) is 5.61. The number of amides is 1. The average molecular weight is 393 g/mol. The minimum absolute atomic E-state index is 0. The lowest BCUT2D eigenvalue weighted by molar-refractivity contribution is -0.264. The molecule has 10 heteroatoms. The molecule has 0 spiro atoms. The van der Waals surface area contributed by atoms with Gasteiger partial charge in [-0.2, -0.15) is 18.3 Å². The third-order valence-corrected chi connectivity index (χ3v) is 3.85. The lowest BCUT2D eigenvalue weighted by Gasteiger charge is -2.31. The van der Waals surface area contributed by atoms with Crippen LogP contribution in [0.3, 0.4) is 0 Å². The number of aryl methyl sites for hydroxylation is 1. The minimum atomic E-state index is -4.95. The zero-order valence-corrected chi connectivity index (χ0v) is 14.9. The van der Waals surface area contributed by atoms with E-state index in [1.54, 1.807) is 13.2 Å². The van der Waals surface area contributed by atoms with Crippen molar-refractivity contribution in [2.45, 2.75) is 17.8 Å². The first-order valence-electron chi connectivity index (χ1n) is 7.47. The number of nitrogens with zero attached hydrogens (tertiary/aromatic N) is 2. The Kier molecular flexibility index (Phi) is 7.19. The number of likely N-dealkylation sites (N-methyl/N-ethyl adjacent to an activating group) is 1. The number of benzene rings is 1. The Hall–Kier alpha value is -2.10. The second kappa shape index (κ2) is 8.52. The van der Waals surface area contributed by atoms with Crippen molar-refractivity contribution in [3.63, 3.8) is 0 Å². The first-order valence-corrected chi connectivity index (χ1v) is 7.47. The van der Waals surface area contributed by atoms with Gasteiger partial charge in [0.15, 0.2) is 0 Å². The summed E-state index contributed by atoms with van der Waals surface area (Å²) in [5.74, 6) is -0.700. The lowest BCUT2D eigenvalue weighted by Crippen LogP contribution is -2.52. The molecule has 3 N–H and O–H groups in total. The van der Waals surface area contributed by atoms with Crippen molar-refractivity contribution in [3.05, 3.63) is 53.9 Å². The predicted molar refractivity (Wildman–Crippen MR) is 91.7 cm³/mol. The lowest BCUT2D eigenvalue weighted by atomic mass is 9.93. The van der Waals surface area contributed by atoms with Crippen molar-refractivity contribution in [3.8, 4) is 0 Å². The van der Waals surface area contributed by atoms with Gasteiger partial charge in [-0.3, -0.25) is 9.48 Å². The van der Waals surface area contributed by atoms with E-state index >= 15 is 0 Å². The molecule has 0 saturated carbocycles. The van der Waals surface area contributed by atoms with E-state index in [0.717, 1.165) is 12.1 Å². The number of hydrogen-bond acceptors (Lipinski definition) is 4. The molecule has 1 amide bonds. The minimum Gasteiger partial charge on any atom is -0.375 e. The fraction of sp³-hybridized carbons (Fsp3) is 0.375. The Balaban J connectivity index is 0.00000338. The number of aliphatic hydroxyl groups is 1. The number of carbonyl (C=O) groups excluding carboxylic acids is 1. The number of nitrogens with one attached hydrogen (secondary N) is 2. The topological polar surface area (TPSA) is 79.2 Å². The molecule has 26 heavy (non-hydrogen) atoms. The number of aromatic nitrogens is 2. The first kappa shape index (κ1) is 21.9. The molecule has 0 fully saturated rings. The molecule has 1 heterocycles. The van der Waals surface area contributed by atoms with Crippen molar-refractivity contribution >= 4 is 18.3 Å². The Morgan fingerprint density at radius 3 is 2.38 bits per heavy atom. The maximum Gasteiger partial charge on any atom is 0.423 e. The average Bonchev–Trinajstić information content (AvgIpc) is 2.99. The summed E-state index contributed by atoms with van der Waals surface area (Å²) < 4.78 is 41.7. The van der Waals surface area contributed by atoms with Crippen LogP contribution < -0.4 is 10.6 Å². The molecule has 6 nitrogen and oxygen atoms in total. The summed E-state index contributed by atoms with van der Waals surface area (Å²) in [6.07, 6.45) is -1.94.